The van der Waals surface area contributed by atoms with Crippen LogP contribution in [0.1, 0.15) is 99.8 Å². The molecule has 0 radical (unpaired) electrons. The summed E-state index contributed by atoms with van der Waals surface area (Å²) in [6.07, 6.45) is 7.43. The molecule has 0 aliphatic heterocycles. The molecule has 0 aromatic carbocycles. The lowest BCUT2D eigenvalue weighted by atomic mass is 9.96. The van der Waals surface area contributed by atoms with Gasteiger partial charge in [-0.1, -0.05) is 46.1 Å². The van der Waals surface area contributed by atoms with Crippen molar-refractivity contribution < 1.29 is 28.6 Å². The molecule has 0 aliphatic rings. The second-order valence-electron chi connectivity index (χ2n) is 10.0. The van der Waals surface area contributed by atoms with Gasteiger partial charge in [0.2, 0.25) is 0 Å². The summed E-state index contributed by atoms with van der Waals surface area (Å²) < 4.78 is 16.7. The quantitative estimate of drug-likeness (QED) is 0.146. The number of unbranched alkanes of at least 4 members (excludes halogenated alkanes) is 3. The lowest BCUT2D eigenvalue weighted by Crippen LogP contribution is -2.45. The molecule has 0 aliphatic carbocycles. The van der Waals surface area contributed by atoms with Crippen molar-refractivity contribution in [2.75, 3.05) is 26.4 Å². The molecule has 0 aromatic heterocycles. The number of ketones is 1. The third-order valence-electron chi connectivity index (χ3n) is 5.92. The van der Waals surface area contributed by atoms with E-state index in [9.17, 15) is 14.4 Å². The van der Waals surface area contributed by atoms with Crippen LogP contribution in [0.4, 0.5) is 0 Å². The average Bonchev–Trinajstić information content (AvgIpc) is 2.78. The predicted octanol–water partition coefficient (Wildman–Crippen LogP) is 5.16. The van der Waals surface area contributed by atoms with Gasteiger partial charge >= 0.3 is 5.97 Å². The van der Waals surface area contributed by atoms with Gasteiger partial charge < -0.3 is 19.5 Å². The molecule has 1 amide bonds. The molecular weight excluding hydrogens is 434 g/mol. The van der Waals surface area contributed by atoms with Crippen molar-refractivity contribution in [3.05, 3.63) is 12.2 Å². The number of carbonyl (C=O) groups is 3. The van der Waals surface area contributed by atoms with Crippen LogP contribution < -0.4 is 5.32 Å². The van der Waals surface area contributed by atoms with Crippen LogP contribution in [0.25, 0.3) is 0 Å². The summed E-state index contributed by atoms with van der Waals surface area (Å²) in [5.74, 6) is -0.102. The Bertz CT molecular complexity index is 641. The smallest absolute Gasteiger partial charge is 0.333 e. The highest BCUT2D eigenvalue weighted by Crippen LogP contribution is 2.20. The number of rotatable bonds is 20. The first kappa shape index (κ1) is 32.3. The van der Waals surface area contributed by atoms with E-state index >= 15 is 0 Å². The Balaban J connectivity index is 4.11. The minimum Gasteiger partial charge on any atom is -0.460 e. The number of esters is 1. The van der Waals surface area contributed by atoms with Gasteiger partial charge in [-0.3, -0.25) is 9.59 Å². The van der Waals surface area contributed by atoms with Gasteiger partial charge in [-0.15, -0.1) is 0 Å². The van der Waals surface area contributed by atoms with Gasteiger partial charge in [-0.05, 0) is 59.8 Å². The first-order valence-electron chi connectivity index (χ1n) is 12.8. The number of Topliss-reactive ketones (excluding diaryl/α,β-unsaturated/α-hetero) is 1. The van der Waals surface area contributed by atoms with Crippen LogP contribution in [0.5, 0.6) is 0 Å². The van der Waals surface area contributed by atoms with Crippen LogP contribution in [-0.2, 0) is 28.6 Å². The minimum absolute atomic E-state index is 0.0828. The summed E-state index contributed by atoms with van der Waals surface area (Å²) >= 11 is 0. The second-order valence-corrected chi connectivity index (χ2v) is 10.0. The number of amides is 1. The van der Waals surface area contributed by atoms with E-state index in [1.165, 1.54) is 12.8 Å². The molecule has 34 heavy (non-hydrogen) atoms. The molecule has 0 spiro atoms. The number of carbonyl (C=O) groups excluding carboxylic acids is 3. The number of hydrogen-bond donors (Lipinski definition) is 1. The Morgan fingerprint density at radius 3 is 2.18 bits per heavy atom. The molecule has 0 heterocycles. The van der Waals surface area contributed by atoms with Gasteiger partial charge in [0, 0.05) is 18.6 Å². The maximum atomic E-state index is 12.6. The molecule has 1 N–H and O–H groups in total. The molecule has 0 rings (SSSR count). The van der Waals surface area contributed by atoms with Crippen molar-refractivity contribution in [1.29, 1.82) is 0 Å². The predicted molar refractivity (Wildman–Crippen MR) is 136 cm³/mol. The van der Waals surface area contributed by atoms with E-state index in [0.717, 1.165) is 32.1 Å². The Morgan fingerprint density at radius 1 is 0.912 bits per heavy atom. The Hall–Kier alpha value is -1.73. The van der Waals surface area contributed by atoms with E-state index in [2.05, 4.69) is 25.7 Å². The van der Waals surface area contributed by atoms with Crippen molar-refractivity contribution in [2.24, 2.45) is 5.92 Å². The standard InChI is InChI=1S/C27H49NO6/c1-9-11-15-22(10-2)20-34-26(5,6)23(29)16-13-12-14-18-33-27(7,8)25(31)28-17-19-32-24(30)21(3)4/h22H,3,9-20H2,1-2,4-8H3,(H,28,31). The number of hydrogen-bond acceptors (Lipinski definition) is 6. The summed E-state index contributed by atoms with van der Waals surface area (Å²) in [5, 5.41) is 2.71. The zero-order chi connectivity index (χ0) is 26.2. The zero-order valence-corrected chi connectivity index (χ0v) is 22.7. The summed E-state index contributed by atoms with van der Waals surface area (Å²) in [4.78, 5) is 36.2. The fraction of sp³-hybridized carbons (Fsp3) is 0.815. The highest BCUT2D eigenvalue weighted by molar-refractivity contribution is 5.87. The minimum atomic E-state index is -0.988. The Labute approximate surface area is 207 Å². The SMILES string of the molecule is C=C(C)C(=O)OCCNC(=O)C(C)(C)OCCCCCC(=O)C(C)(C)OCC(CC)CCCC. The van der Waals surface area contributed by atoms with Crippen LogP contribution in [0, 0.1) is 5.92 Å². The van der Waals surface area contributed by atoms with Gasteiger partial charge in [-0.2, -0.15) is 0 Å². The first-order chi connectivity index (χ1) is 15.9. The normalized spacial score (nSPS) is 12.8. The zero-order valence-electron chi connectivity index (χ0n) is 22.7. The molecule has 7 heteroatoms. The third kappa shape index (κ3) is 13.9. The van der Waals surface area contributed by atoms with Gasteiger partial charge in [0.25, 0.3) is 5.91 Å². The largest absolute Gasteiger partial charge is 0.460 e. The van der Waals surface area contributed by atoms with Crippen LogP contribution in [0.15, 0.2) is 12.2 Å². The molecule has 198 valence electrons. The van der Waals surface area contributed by atoms with E-state index < -0.39 is 17.2 Å². The van der Waals surface area contributed by atoms with Gasteiger partial charge in [0.1, 0.15) is 17.8 Å². The molecule has 0 fully saturated rings. The molecule has 0 saturated carbocycles. The molecule has 7 nitrogen and oxygen atoms in total. The monoisotopic (exact) mass is 483 g/mol. The Kier molecular flexibility index (Phi) is 16.0. The summed E-state index contributed by atoms with van der Waals surface area (Å²) in [5.41, 5.74) is -1.42. The highest BCUT2D eigenvalue weighted by atomic mass is 16.5. The van der Waals surface area contributed by atoms with E-state index in [1.54, 1.807) is 20.8 Å². The van der Waals surface area contributed by atoms with Gasteiger partial charge in [-0.25, -0.2) is 4.79 Å². The fourth-order valence-corrected chi connectivity index (χ4v) is 3.21. The average molecular weight is 484 g/mol. The van der Waals surface area contributed by atoms with Crippen LogP contribution in [0.3, 0.4) is 0 Å². The van der Waals surface area contributed by atoms with Crippen molar-refractivity contribution in [2.45, 2.75) is 111 Å². The van der Waals surface area contributed by atoms with Crippen molar-refractivity contribution in [1.82, 2.24) is 5.32 Å². The number of nitrogens with one attached hydrogen (secondary N) is 1. The van der Waals surface area contributed by atoms with E-state index in [4.69, 9.17) is 14.2 Å². The Morgan fingerprint density at radius 2 is 1.59 bits per heavy atom. The highest BCUT2D eigenvalue weighted by Gasteiger charge is 2.29. The molecule has 1 atom stereocenters. The van der Waals surface area contributed by atoms with E-state index in [-0.39, 0.29) is 24.8 Å². The molecule has 0 bridgehead atoms. The molecule has 0 saturated heterocycles. The maximum absolute atomic E-state index is 12.6. The summed E-state index contributed by atoms with van der Waals surface area (Å²) in [7, 11) is 0. The third-order valence-corrected chi connectivity index (χ3v) is 5.92. The van der Waals surface area contributed by atoms with Crippen LogP contribution in [0.2, 0.25) is 0 Å². The summed E-state index contributed by atoms with van der Waals surface area (Å²) in [6.45, 7) is 17.9. The van der Waals surface area contributed by atoms with Gasteiger partial charge in [0.15, 0.2) is 5.78 Å². The first-order valence-corrected chi connectivity index (χ1v) is 12.8. The van der Waals surface area contributed by atoms with Crippen molar-refractivity contribution >= 4 is 17.7 Å². The maximum Gasteiger partial charge on any atom is 0.333 e. The van der Waals surface area contributed by atoms with E-state index in [1.807, 2.05) is 13.8 Å². The lowest BCUT2D eigenvalue weighted by molar-refractivity contribution is -0.145. The lowest BCUT2D eigenvalue weighted by Gasteiger charge is -2.27. The molecular formula is C27H49NO6. The van der Waals surface area contributed by atoms with Crippen LogP contribution in [-0.4, -0.2) is 55.2 Å². The van der Waals surface area contributed by atoms with Crippen molar-refractivity contribution in [3.8, 4) is 0 Å². The second kappa shape index (κ2) is 16.8. The molecule has 1 unspecified atom stereocenters. The van der Waals surface area contributed by atoms with Gasteiger partial charge in [0.05, 0.1) is 13.2 Å². The van der Waals surface area contributed by atoms with E-state index in [0.29, 0.717) is 31.1 Å². The van der Waals surface area contributed by atoms with Crippen LogP contribution >= 0.6 is 0 Å². The van der Waals surface area contributed by atoms with Crippen molar-refractivity contribution in [3.63, 3.8) is 0 Å². The summed E-state index contributed by atoms with van der Waals surface area (Å²) in [6, 6.07) is 0. The topological polar surface area (TPSA) is 90.9 Å². The fourth-order valence-electron chi connectivity index (χ4n) is 3.21. The molecule has 0 aromatic rings. The number of ether oxygens (including phenoxy) is 3.